The molecule has 6 rings (SSSR count). The van der Waals surface area contributed by atoms with Crippen molar-refractivity contribution in [3.05, 3.63) is 84.7 Å². The number of carbonyl (C=O) groups is 1. The number of aromatic hydroxyl groups is 1. The van der Waals surface area contributed by atoms with Crippen LogP contribution in [0.1, 0.15) is 0 Å². The molecule has 1 amide bonds. The molecule has 0 bridgehead atoms. The summed E-state index contributed by atoms with van der Waals surface area (Å²) in [4.78, 5) is 17.1. The average Bonchev–Trinajstić information content (AvgIpc) is 3.30. The molecule has 1 N–H and O–H groups in total. The number of rotatable bonds is 8. The fourth-order valence-electron chi connectivity index (χ4n) is 4.79. The van der Waals surface area contributed by atoms with E-state index >= 15 is 0 Å². The summed E-state index contributed by atoms with van der Waals surface area (Å²) < 4.78 is 32.2. The summed E-state index contributed by atoms with van der Waals surface area (Å²) >= 11 is 1.49. The summed E-state index contributed by atoms with van der Waals surface area (Å²) in [6.45, 7) is 4.81. The highest BCUT2D eigenvalue weighted by Crippen LogP contribution is 2.47. The van der Waals surface area contributed by atoms with Crippen molar-refractivity contribution >= 4 is 27.3 Å². The van der Waals surface area contributed by atoms with Crippen LogP contribution in [0, 0.1) is 5.82 Å². The zero-order valence-corrected chi connectivity index (χ0v) is 22.6. The van der Waals surface area contributed by atoms with Crippen molar-refractivity contribution < 1.29 is 28.5 Å². The molecule has 0 unspecified atom stereocenters. The van der Waals surface area contributed by atoms with Gasteiger partial charge in [0.25, 0.3) is 0 Å². The Morgan fingerprint density at radius 2 is 1.75 bits per heavy atom. The molecule has 4 aromatic rings. The zero-order valence-electron chi connectivity index (χ0n) is 21.8. The van der Waals surface area contributed by atoms with E-state index in [0.717, 1.165) is 39.4 Å². The summed E-state index contributed by atoms with van der Waals surface area (Å²) in [5, 5.41) is 10.8. The Hall–Kier alpha value is -3.92. The number of phenolic OH excluding ortho intramolecular Hbond substituents is 1. The lowest BCUT2D eigenvalue weighted by atomic mass is 10.1. The molecule has 3 aromatic carbocycles. The van der Waals surface area contributed by atoms with Gasteiger partial charge in [-0.3, -0.25) is 9.69 Å². The van der Waals surface area contributed by atoms with E-state index in [4.69, 9.17) is 14.2 Å². The molecular weight excluding hydrogens is 531 g/mol. The predicted molar refractivity (Wildman–Crippen MR) is 153 cm³/mol. The van der Waals surface area contributed by atoms with Crippen LogP contribution in [-0.2, 0) is 9.53 Å². The lowest BCUT2D eigenvalue weighted by Crippen LogP contribution is -2.53. The minimum atomic E-state index is -0.300. The molecular formula is C31H29FN2O5S. The van der Waals surface area contributed by atoms with Gasteiger partial charge in [0.2, 0.25) is 5.91 Å². The van der Waals surface area contributed by atoms with Crippen molar-refractivity contribution in [2.45, 2.75) is 6.10 Å². The maximum absolute atomic E-state index is 13.5. The molecule has 0 spiro atoms. The largest absolute Gasteiger partial charge is 0.508 e. The molecule has 206 valence electrons. The van der Waals surface area contributed by atoms with E-state index in [1.54, 1.807) is 30.3 Å². The van der Waals surface area contributed by atoms with E-state index in [9.17, 15) is 14.3 Å². The molecule has 0 atom stereocenters. The number of phenols is 1. The maximum Gasteiger partial charge on any atom is 0.246 e. The van der Waals surface area contributed by atoms with Crippen molar-refractivity contribution in [1.82, 2.24) is 9.80 Å². The fourth-order valence-corrected chi connectivity index (χ4v) is 5.96. The van der Waals surface area contributed by atoms with Gasteiger partial charge >= 0.3 is 0 Å². The van der Waals surface area contributed by atoms with E-state index in [2.05, 4.69) is 4.90 Å². The Morgan fingerprint density at radius 3 is 2.50 bits per heavy atom. The van der Waals surface area contributed by atoms with E-state index in [0.29, 0.717) is 44.3 Å². The van der Waals surface area contributed by atoms with Gasteiger partial charge in [0, 0.05) is 48.9 Å². The van der Waals surface area contributed by atoms with E-state index < -0.39 is 0 Å². The first kappa shape index (κ1) is 26.3. The smallest absolute Gasteiger partial charge is 0.246 e. The van der Waals surface area contributed by atoms with Crippen molar-refractivity contribution in [1.29, 1.82) is 0 Å². The van der Waals surface area contributed by atoms with Crippen LogP contribution in [0.2, 0.25) is 0 Å². The number of nitrogens with zero attached hydrogens (tertiary/aromatic N) is 2. The number of halogens is 1. The Kier molecular flexibility index (Phi) is 7.68. The third-order valence-corrected chi connectivity index (χ3v) is 8.13. The van der Waals surface area contributed by atoms with Gasteiger partial charge in [0.05, 0.1) is 18.1 Å². The second-order valence-corrected chi connectivity index (χ2v) is 10.9. The molecule has 9 heteroatoms. The van der Waals surface area contributed by atoms with Gasteiger partial charge in [-0.25, -0.2) is 4.39 Å². The Bertz CT molecular complexity index is 1510. The predicted octanol–water partition coefficient (Wildman–Crippen LogP) is 5.68. The number of benzene rings is 3. The van der Waals surface area contributed by atoms with Gasteiger partial charge in [-0.1, -0.05) is 18.2 Å². The molecule has 0 saturated carbocycles. The number of ether oxygens (including phenoxy) is 3. The minimum absolute atomic E-state index is 0.0392. The highest BCUT2D eigenvalue weighted by Gasteiger charge is 2.27. The van der Waals surface area contributed by atoms with Crippen LogP contribution in [0.5, 0.6) is 23.0 Å². The first-order valence-electron chi connectivity index (χ1n) is 13.2. The van der Waals surface area contributed by atoms with Gasteiger partial charge < -0.3 is 24.2 Å². The van der Waals surface area contributed by atoms with Crippen LogP contribution in [0.25, 0.3) is 20.5 Å². The summed E-state index contributed by atoms with van der Waals surface area (Å²) in [5.74, 6) is 1.99. The standard InChI is InChI=1S/C31H29FN2O5S/c32-22-5-3-21(4-6-22)31-30(27-12-7-23(35)18-28(27)40-31)39-25-10-8-24(9-11-25)38-26-19-33(20-26)13-1-2-29(36)34-14-16-37-17-15-34/h1-12,18,26,35H,13-17,19-20H2/b2-1+. The Balaban J connectivity index is 1.06. The normalized spacial score (nSPS) is 16.4. The van der Waals surface area contributed by atoms with Gasteiger partial charge in [0.1, 0.15) is 29.2 Å². The first-order chi connectivity index (χ1) is 19.5. The Labute approximate surface area is 235 Å². The first-order valence-corrected chi connectivity index (χ1v) is 14.0. The second-order valence-electron chi connectivity index (χ2n) is 9.82. The highest BCUT2D eigenvalue weighted by molar-refractivity contribution is 7.22. The molecule has 2 aliphatic rings. The quantitative estimate of drug-likeness (QED) is 0.280. The van der Waals surface area contributed by atoms with Crippen LogP contribution in [0.3, 0.4) is 0 Å². The molecule has 40 heavy (non-hydrogen) atoms. The minimum Gasteiger partial charge on any atom is -0.508 e. The van der Waals surface area contributed by atoms with Gasteiger partial charge in [0.15, 0.2) is 5.75 Å². The van der Waals surface area contributed by atoms with Crippen LogP contribution < -0.4 is 9.47 Å². The maximum atomic E-state index is 13.5. The van der Waals surface area contributed by atoms with Crippen LogP contribution in [0.4, 0.5) is 4.39 Å². The lowest BCUT2D eigenvalue weighted by Gasteiger charge is -2.38. The molecule has 0 aliphatic carbocycles. The number of carbonyl (C=O) groups excluding carboxylic acids is 1. The number of hydrogen-bond donors (Lipinski definition) is 1. The van der Waals surface area contributed by atoms with E-state index in [1.165, 1.54) is 23.5 Å². The third-order valence-electron chi connectivity index (χ3n) is 6.95. The highest BCUT2D eigenvalue weighted by atomic mass is 32.1. The zero-order chi connectivity index (χ0) is 27.5. The summed E-state index contributed by atoms with van der Waals surface area (Å²) in [6, 6.07) is 19.0. The van der Waals surface area contributed by atoms with Crippen LogP contribution in [-0.4, -0.2) is 72.9 Å². The van der Waals surface area contributed by atoms with Crippen LogP contribution >= 0.6 is 11.3 Å². The van der Waals surface area contributed by atoms with Crippen molar-refractivity contribution in [2.24, 2.45) is 0 Å². The molecule has 2 aliphatic heterocycles. The van der Waals surface area contributed by atoms with Crippen molar-refractivity contribution in [3.8, 4) is 33.4 Å². The van der Waals surface area contributed by atoms with Crippen molar-refractivity contribution in [2.75, 3.05) is 45.9 Å². The topological polar surface area (TPSA) is 71.5 Å². The second kappa shape index (κ2) is 11.7. The number of fused-ring (bicyclic) bond motifs is 1. The summed E-state index contributed by atoms with van der Waals surface area (Å²) in [5.41, 5.74) is 0.840. The summed E-state index contributed by atoms with van der Waals surface area (Å²) in [7, 11) is 0. The molecule has 1 aromatic heterocycles. The lowest BCUT2D eigenvalue weighted by molar-refractivity contribution is -0.130. The average molecular weight is 561 g/mol. The molecule has 0 radical (unpaired) electrons. The van der Waals surface area contributed by atoms with Crippen molar-refractivity contribution in [3.63, 3.8) is 0 Å². The number of thiophene rings is 1. The van der Waals surface area contributed by atoms with E-state index in [1.807, 2.05) is 41.3 Å². The number of likely N-dealkylation sites (tertiary alicyclic amines) is 1. The van der Waals surface area contributed by atoms with Crippen LogP contribution in [0.15, 0.2) is 78.9 Å². The molecule has 3 heterocycles. The van der Waals surface area contributed by atoms with Gasteiger partial charge in [-0.2, -0.15) is 0 Å². The number of amides is 1. The number of hydrogen-bond acceptors (Lipinski definition) is 7. The molecule has 2 saturated heterocycles. The number of morpholine rings is 1. The molecule has 7 nitrogen and oxygen atoms in total. The third kappa shape index (κ3) is 5.96. The van der Waals surface area contributed by atoms with Gasteiger partial charge in [-0.05, 0) is 60.2 Å². The Morgan fingerprint density at radius 1 is 1.02 bits per heavy atom. The fraction of sp³-hybridized carbons (Fsp3) is 0.258. The van der Waals surface area contributed by atoms with E-state index in [-0.39, 0.29) is 23.6 Å². The summed E-state index contributed by atoms with van der Waals surface area (Å²) in [6.07, 6.45) is 3.66. The monoisotopic (exact) mass is 560 g/mol. The SMILES string of the molecule is O=C(/C=C/CN1CC(Oc2ccc(Oc3c(-c4ccc(F)cc4)sc4cc(O)ccc34)cc2)C1)N1CCOCC1. The molecule has 2 fully saturated rings. The van der Waals surface area contributed by atoms with Gasteiger partial charge in [-0.15, -0.1) is 11.3 Å².